The van der Waals surface area contributed by atoms with Crippen LogP contribution in [-0.2, 0) is 9.53 Å². The molecule has 1 heterocycles. The summed E-state index contributed by atoms with van der Waals surface area (Å²) < 4.78 is 5.69. The number of nitrogens with one attached hydrogen (secondary N) is 1. The molecule has 0 aromatic carbocycles. The van der Waals surface area contributed by atoms with Crippen LogP contribution in [-0.4, -0.2) is 24.7 Å². The lowest BCUT2D eigenvalue weighted by molar-refractivity contribution is -0.156. The van der Waals surface area contributed by atoms with Gasteiger partial charge in [-0.1, -0.05) is 25.7 Å². The van der Waals surface area contributed by atoms with Crippen molar-refractivity contribution < 1.29 is 9.53 Å². The van der Waals surface area contributed by atoms with Crippen molar-refractivity contribution in [3.05, 3.63) is 0 Å². The molecule has 13 heavy (non-hydrogen) atoms. The number of ether oxygens (including phenoxy) is 1. The molecule has 74 valence electrons. The highest BCUT2D eigenvalue weighted by Crippen LogP contribution is 2.31. The van der Waals surface area contributed by atoms with E-state index >= 15 is 0 Å². The number of hydrogen-bond donors (Lipinski definition) is 1. The van der Waals surface area contributed by atoms with Gasteiger partial charge in [-0.3, -0.25) is 4.79 Å². The van der Waals surface area contributed by atoms with E-state index in [9.17, 15) is 4.79 Å². The standard InChI is InChI=1S/C10H17NO2/c12-9-10(13-8-7-11-9)5-3-1-2-4-6-10/h1-8H2,(H,11,12). The molecule has 1 saturated carbocycles. The Labute approximate surface area is 78.8 Å². The summed E-state index contributed by atoms with van der Waals surface area (Å²) in [5, 5.41) is 2.91. The van der Waals surface area contributed by atoms with Gasteiger partial charge in [0.2, 0.25) is 0 Å². The summed E-state index contributed by atoms with van der Waals surface area (Å²) in [5.41, 5.74) is -0.450. The Balaban J connectivity index is 2.09. The van der Waals surface area contributed by atoms with Crippen molar-refractivity contribution in [2.45, 2.75) is 44.1 Å². The number of amides is 1. The average Bonchev–Trinajstić information content (AvgIpc) is 2.37. The zero-order valence-corrected chi connectivity index (χ0v) is 7.97. The van der Waals surface area contributed by atoms with Crippen molar-refractivity contribution in [3.8, 4) is 0 Å². The van der Waals surface area contributed by atoms with Crippen LogP contribution in [0.3, 0.4) is 0 Å². The highest BCUT2D eigenvalue weighted by atomic mass is 16.5. The van der Waals surface area contributed by atoms with Gasteiger partial charge in [0.05, 0.1) is 6.61 Å². The summed E-state index contributed by atoms with van der Waals surface area (Å²) in [4.78, 5) is 11.7. The Kier molecular flexibility index (Phi) is 2.54. The zero-order chi connectivity index (χ0) is 9.15. The van der Waals surface area contributed by atoms with Crippen molar-refractivity contribution in [3.63, 3.8) is 0 Å². The van der Waals surface area contributed by atoms with Crippen molar-refractivity contribution >= 4 is 5.91 Å². The van der Waals surface area contributed by atoms with E-state index in [2.05, 4.69) is 5.32 Å². The maximum Gasteiger partial charge on any atom is 0.252 e. The summed E-state index contributed by atoms with van der Waals surface area (Å²) in [6.07, 6.45) is 6.59. The SMILES string of the molecule is O=C1NCCOC12CCCCCC2. The van der Waals surface area contributed by atoms with E-state index in [1.165, 1.54) is 12.8 Å². The molecule has 2 aliphatic rings. The Bertz CT molecular complexity index is 195. The summed E-state index contributed by atoms with van der Waals surface area (Å²) in [6, 6.07) is 0. The number of carbonyl (C=O) groups excluding carboxylic acids is 1. The molecule has 0 radical (unpaired) electrons. The Hall–Kier alpha value is -0.570. The fourth-order valence-electron chi connectivity index (χ4n) is 2.31. The zero-order valence-electron chi connectivity index (χ0n) is 7.97. The Morgan fingerprint density at radius 3 is 2.46 bits per heavy atom. The first-order chi connectivity index (χ1) is 6.33. The summed E-state index contributed by atoms with van der Waals surface area (Å²) in [7, 11) is 0. The van der Waals surface area contributed by atoms with Gasteiger partial charge in [0, 0.05) is 6.54 Å². The van der Waals surface area contributed by atoms with Gasteiger partial charge in [0.15, 0.2) is 0 Å². The van der Waals surface area contributed by atoms with Crippen LogP contribution in [0.25, 0.3) is 0 Å². The minimum absolute atomic E-state index is 0.126. The lowest BCUT2D eigenvalue weighted by Crippen LogP contribution is -2.54. The second kappa shape index (κ2) is 3.66. The molecule has 3 nitrogen and oxygen atoms in total. The van der Waals surface area contributed by atoms with Gasteiger partial charge < -0.3 is 10.1 Å². The Morgan fingerprint density at radius 2 is 1.85 bits per heavy atom. The van der Waals surface area contributed by atoms with Gasteiger partial charge in [-0.05, 0) is 12.8 Å². The summed E-state index contributed by atoms with van der Waals surface area (Å²) in [6.45, 7) is 1.37. The van der Waals surface area contributed by atoms with Gasteiger partial charge in [-0.15, -0.1) is 0 Å². The smallest absolute Gasteiger partial charge is 0.252 e. The fourth-order valence-corrected chi connectivity index (χ4v) is 2.31. The lowest BCUT2D eigenvalue weighted by Gasteiger charge is -2.35. The van der Waals surface area contributed by atoms with E-state index in [1.807, 2.05) is 0 Å². The lowest BCUT2D eigenvalue weighted by atomic mass is 9.92. The molecule has 1 saturated heterocycles. The molecular formula is C10H17NO2. The normalized spacial score (nSPS) is 28.2. The van der Waals surface area contributed by atoms with E-state index in [-0.39, 0.29) is 5.91 Å². The molecule has 0 aromatic heterocycles. The van der Waals surface area contributed by atoms with Crippen LogP contribution in [0, 0.1) is 0 Å². The Morgan fingerprint density at radius 1 is 1.15 bits per heavy atom. The first-order valence-electron chi connectivity index (χ1n) is 5.26. The van der Waals surface area contributed by atoms with Crippen LogP contribution < -0.4 is 5.32 Å². The molecule has 0 bridgehead atoms. The topological polar surface area (TPSA) is 38.3 Å². The molecule has 1 aliphatic carbocycles. The molecule has 0 aromatic rings. The summed E-state index contributed by atoms with van der Waals surface area (Å²) >= 11 is 0. The van der Waals surface area contributed by atoms with E-state index < -0.39 is 5.60 Å². The highest BCUT2D eigenvalue weighted by Gasteiger charge is 2.41. The maximum absolute atomic E-state index is 11.7. The first-order valence-corrected chi connectivity index (χ1v) is 5.26. The molecule has 1 spiro atoms. The van der Waals surface area contributed by atoms with Crippen molar-refractivity contribution in [2.24, 2.45) is 0 Å². The molecule has 2 rings (SSSR count). The van der Waals surface area contributed by atoms with Gasteiger partial charge in [-0.25, -0.2) is 0 Å². The molecule has 0 unspecified atom stereocenters. The van der Waals surface area contributed by atoms with E-state index in [0.29, 0.717) is 13.2 Å². The average molecular weight is 183 g/mol. The van der Waals surface area contributed by atoms with Crippen LogP contribution in [0.2, 0.25) is 0 Å². The second-order valence-electron chi connectivity index (χ2n) is 4.01. The fraction of sp³-hybridized carbons (Fsp3) is 0.900. The van der Waals surface area contributed by atoms with Crippen molar-refractivity contribution in [1.29, 1.82) is 0 Å². The third kappa shape index (κ3) is 1.70. The van der Waals surface area contributed by atoms with Crippen LogP contribution in [0.1, 0.15) is 38.5 Å². The van der Waals surface area contributed by atoms with Crippen LogP contribution in [0.5, 0.6) is 0 Å². The molecule has 3 heteroatoms. The molecule has 1 aliphatic heterocycles. The predicted molar refractivity (Wildman–Crippen MR) is 49.4 cm³/mol. The minimum atomic E-state index is -0.450. The third-order valence-electron chi connectivity index (χ3n) is 3.09. The van der Waals surface area contributed by atoms with Gasteiger partial charge >= 0.3 is 0 Å². The second-order valence-corrected chi connectivity index (χ2v) is 4.01. The van der Waals surface area contributed by atoms with Crippen molar-refractivity contribution in [1.82, 2.24) is 5.32 Å². The third-order valence-corrected chi connectivity index (χ3v) is 3.09. The van der Waals surface area contributed by atoms with Gasteiger partial charge in [-0.2, -0.15) is 0 Å². The monoisotopic (exact) mass is 183 g/mol. The predicted octanol–water partition coefficient (Wildman–Crippen LogP) is 1.23. The maximum atomic E-state index is 11.7. The summed E-state index contributed by atoms with van der Waals surface area (Å²) in [5.74, 6) is 0.126. The van der Waals surface area contributed by atoms with Crippen LogP contribution in [0.4, 0.5) is 0 Å². The first kappa shape index (κ1) is 9.00. The molecule has 0 atom stereocenters. The van der Waals surface area contributed by atoms with E-state index in [0.717, 1.165) is 25.7 Å². The van der Waals surface area contributed by atoms with Crippen molar-refractivity contribution in [2.75, 3.05) is 13.2 Å². The van der Waals surface area contributed by atoms with Gasteiger partial charge in [0.25, 0.3) is 5.91 Å². The molecule has 2 fully saturated rings. The minimum Gasteiger partial charge on any atom is -0.363 e. The number of rotatable bonds is 0. The van der Waals surface area contributed by atoms with Crippen LogP contribution >= 0.6 is 0 Å². The number of hydrogen-bond acceptors (Lipinski definition) is 2. The molecular weight excluding hydrogens is 166 g/mol. The molecule has 1 amide bonds. The largest absolute Gasteiger partial charge is 0.363 e. The van der Waals surface area contributed by atoms with Gasteiger partial charge in [0.1, 0.15) is 5.60 Å². The van der Waals surface area contributed by atoms with E-state index in [4.69, 9.17) is 4.74 Å². The molecule has 1 N–H and O–H groups in total. The number of carbonyl (C=O) groups is 1. The van der Waals surface area contributed by atoms with Crippen LogP contribution in [0.15, 0.2) is 0 Å². The number of morpholine rings is 1. The quantitative estimate of drug-likeness (QED) is 0.613. The highest BCUT2D eigenvalue weighted by molar-refractivity contribution is 5.85. The van der Waals surface area contributed by atoms with E-state index in [1.54, 1.807) is 0 Å².